The van der Waals surface area contributed by atoms with Gasteiger partial charge in [0.25, 0.3) is 0 Å². The molecule has 0 aliphatic carbocycles. The quantitative estimate of drug-likeness (QED) is 0.467. The Balaban J connectivity index is 3.16. The summed E-state index contributed by atoms with van der Waals surface area (Å²) in [6.45, 7) is 0. The van der Waals surface area contributed by atoms with E-state index < -0.39 is 6.36 Å². The van der Waals surface area contributed by atoms with Gasteiger partial charge in [-0.2, -0.15) is 0 Å². The van der Waals surface area contributed by atoms with Crippen LogP contribution in [0.2, 0.25) is 0 Å². The zero-order valence-corrected chi connectivity index (χ0v) is 10.9. The van der Waals surface area contributed by atoms with E-state index in [9.17, 15) is 13.2 Å². The van der Waals surface area contributed by atoms with Crippen molar-refractivity contribution in [2.24, 2.45) is 0 Å². The lowest BCUT2D eigenvalue weighted by atomic mass is 10.3. The number of halogens is 5. The molecule has 0 amide bonds. The van der Waals surface area contributed by atoms with Gasteiger partial charge in [-0.3, -0.25) is 0 Å². The van der Waals surface area contributed by atoms with Crippen molar-refractivity contribution in [1.29, 1.82) is 0 Å². The molecule has 90 valence electrons. The molecule has 0 aromatic carbocycles. The van der Waals surface area contributed by atoms with Crippen LogP contribution in [0.5, 0.6) is 11.6 Å². The molecule has 0 aliphatic rings. The van der Waals surface area contributed by atoms with E-state index in [1.807, 2.05) is 0 Å². The number of pyridine rings is 1. The van der Waals surface area contributed by atoms with Crippen LogP contribution in [0.25, 0.3) is 0 Å². The van der Waals surface area contributed by atoms with Crippen LogP contribution in [0, 0.1) is 3.70 Å². The summed E-state index contributed by atoms with van der Waals surface area (Å²) in [5.74, 6) is -0.321. The summed E-state index contributed by atoms with van der Waals surface area (Å²) in [5.41, 5.74) is 0.176. The van der Waals surface area contributed by atoms with Crippen LogP contribution in [0.15, 0.2) is 6.07 Å². The average molecular weight is 367 g/mol. The van der Waals surface area contributed by atoms with Crippen molar-refractivity contribution in [2.45, 2.75) is 12.2 Å². The fourth-order valence-corrected chi connectivity index (χ4v) is 1.85. The van der Waals surface area contributed by atoms with E-state index in [0.717, 1.165) is 0 Å². The lowest BCUT2D eigenvalue weighted by Crippen LogP contribution is -2.19. The summed E-state index contributed by atoms with van der Waals surface area (Å²) in [6, 6.07) is 1.30. The second kappa shape index (κ2) is 5.26. The third kappa shape index (κ3) is 3.55. The highest BCUT2D eigenvalue weighted by molar-refractivity contribution is 14.1. The summed E-state index contributed by atoms with van der Waals surface area (Å²) in [5, 5.41) is 0. The van der Waals surface area contributed by atoms with E-state index in [-0.39, 0.29) is 26.8 Å². The van der Waals surface area contributed by atoms with Crippen molar-refractivity contribution in [3.63, 3.8) is 0 Å². The first kappa shape index (κ1) is 13.6. The van der Waals surface area contributed by atoms with Gasteiger partial charge in [0.2, 0.25) is 5.88 Å². The minimum absolute atomic E-state index is 0.0462. The molecule has 0 unspecified atom stereocenters. The molecule has 0 saturated carbocycles. The Morgan fingerprint density at radius 3 is 2.56 bits per heavy atom. The number of hydrogen-bond donors (Lipinski definition) is 0. The normalized spacial score (nSPS) is 11.4. The molecule has 1 aromatic rings. The molecule has 1 aromatic heterocycles. The molecule has 1 heterocycles. The van der Waals surface area contributed by atoms with Crippen molar-refractivity contribution < 1.29 is 22.6 Å². The standard InChI is InChI=1S/C8H6ClF3INO2/c1-15-5-2-4(3-9)6(7(13)14-5)16-8(10,11)12/h2H,3H2,1H3. The van der Waals surface area contributed by atoms with E-state index in [0.29, 0.717) is 0 Å². The fourth-order valence-electron chi connectivity index (χ4n) is 0.954. The first-order chi connectivity index (χ1) is 7.37. The van der Waals surface area contributed by atoms with Gasteiger partial charge in [0.15, 0.2) is 5.75 Å². The van der Waals surface area contributed by atoms with Crippen LogP contribution in [-0.4, -0.2) is 18.5 Å². The van der Waals surface area contributed by atoms with Gasteiger partial charge in [-0.25, -0.2) is 4.98 Å². The van der Waals surface area contributed by atoms with E-state index >= 15 is 0 Å². The number of nitrogens with zero attached hydrogens (tertiary/aromatic N) is 1. The Hall–Kier alpha value is -0.440. The highest BCUT2D eigenvalue weighted by Gasteiger charge is 2.33. The molecule has 0 aliphatic heterocycles. The Bertz CT molecular complexity index is 386. The van der Waals surface area contributed by atoms with Gasteiger partial charge in [-0.15, -0.1) is 24.8 Å². The van der Waals surface area contributed by atoms with Gasteiger partial charge >= 0.3 is 6.36 Å². The van der Waals surface area contributed by atoms with E-state index in [1.165, 1.54) is 13.2 Å². The second-order valence-electron chi connectivity index (χ2n) is 2.63. The van der Waals surface area contributed by atoms with Crippen LogP contribution in [0.3, 0.4) is 0 Å². The topological polar surface area (TPSA) is 31.4 Å². The molecule has 8 heteroatoms. The van der Waals surface area contributed by atoms with Gasteiger partial charge in [-0.05, 0) is 22.6 Å². The summed E-state index contributed by atoms with van der Waals surface area (Å²) >= 11 is 7.15. The predicted molar refractivity (Wildman–Crippen MR) is 59.7 cm³/mol. The molecule has 0 bridgehead atoms. The summed E-state index contributed by atoms with van der Waals surface area (Å²) < 4.78 is 45.0. The van der Waals surface area contributed by atoms with Gasteiger partial charge in [-0.1, -0.05) is 0 Å². The number of hydrogen-bond acceptors (Lipinski definition) is 3. The lowest BCUT2D eigenvalue weighted by Gasteiger charge is -2.14. The maximum atomic E-state index is 12.1. The Morgan fingerprint density at radius 2 is 2.12 bits per heavy atom. The molecule has 0 fully saturated rings. The van der Waals surface area contributed by atoms with Crippen LogP contribution in [0.4, 0.5) is 13.2 Å². The van der Waals surface area contributed by atoms with E-state index in [4.69, 9.17) is 16.3 Å². The number of ether oxygens (including phenoxy) is 2. The highest BCUT2D eigenvalue weighted by Crippen LogP contribution is 2.33. The molecule has 0 atom stereocenters. The Labute approximate surface area is 108 Å². The molecular weight excluding hydrogens is 361 g/mol. The molecule has 0 spiro atoms. The third-order valence-corrected chi connectivity index (χ3v) is 2.58. The van der Waals surface area contributed by atoms with Crippen LogP contribution in [-0.2, 0) is 5.88 Å². The van der Waals surface area contributed by atoms with Crippen molar-refractivity contribution in [3.8, 4) is 11.6 Å². The van der Waals surface area contributed by atoms with E-state index in [2.05, 4.69) is 9.72 Å². The molecule has 0 N–H and O–H groups in total. The van der Waals surface area contributed by atoms with Crippen molar-refractivity contribution in [1.82, 2.24) is 4.98 Å². The predicted octanol–water partition coefficient (Wildman–Crippen LogP) is 3.33. The van der Waals surface area contributed by atoms with Gasteiger partial charge in [0, 0.05) is 11.6 Å². The maximum Gasteiger partial charge on any atom is 0.573 e. The first-order valence-electron chi connectivity index (χ1n) is 3.92. The molecule has 0 radical (unpaired) electrons. The average Bonchev–Trinajstić information content (AvgIpc) is 2.19. The van der Waals surface area contributed by atoms with Crippen molar-refractivity contribution in [2.75, 3.05) is 7.11 Å². The first-order valence-corrected chi connectivity index (χ1v) is 5.54. The SMILES string of the molecule is COc1cc(CCl)c(OC(F)(F)F)c(I)n1. The second-order valence-corrected chi connectivity index (χ2v) is 3.91. The van der Waals surface area contributed by atoms with Crippen LogP contribution >= 0.6 is 34.2 Å². The van der Waals surface area contributed by atoms with E-state index in [1.54, 1.807) is 22.6 Å². The summed E-state index contributed by atoms with van der Waals surface area (Å²) in [6.07, 6.45) is -4.77. The van der Waals surface area contributed by atoms with Crippen molar-refractivity contribution in [3.05, 3.63) is 15.3 Å². The Morgan fingerprint density at radius 1 is 1.50 bits per heavy atom. The summed E-state index contributed by atoms with van der Waals surface area (Å²) in [7, 11) is 1.36. The monoisotopic (exact) mass is 367 g/mol. The molecular formula is C8H6ClF3INO2. The summed E-state index contributed by atoms with van der Waals surface area (Å²) in [4.78, 5) is 3.77. The largest absolute Gasteiger partial charge is 0.573 e. The van der Waals surface area contributed by atoms with Crippen molar-refractivity contribution >= 4 is 34.2 Å². The zero-order valence-electron chi connectivity index (χ0n) is 7.94. The molecule has 16 heavy (non-hydrogen) atoms. The fraction of sp³-hybridized carbons (Fsp3) is 0.375. The number of aromatic nitrogens is 1. The minimum atomic E-state index is -4.77. The molecule has 3 nitrogen and oxygen atoms in total. The zero-order chi connectivity index (χ0) is 12.3. The minimum Gasteiger partial charge on any atom is -0.481 e. The Kier molecular flexibility index (Phi) is 4.48. The van der Waals surface area contributed by atoms with Gasteiger partial charge in [0.05, 0.1) is 13.0 Å². The number of methoxy groups -OCH3 is 1. The lowest BCUT2D eigenvalue weighted by molar-refractivity contribution is -0.275. The maximum absolute atomic E-state index is 12.1. The van der Waals surface area contributed by atoms with Crippen LogP contribution < -0.4 is 9.47 Å². The third-order valence-electron chi connectivity index (χ3n) is 1.56. The van der Waals surface area contributed by atoms with Gasteiger partial charge < -0.3 is 9.47 Å². The smallest absolute Gasteiger partial charge is 0.481 e. The molecule has 0 saturated heterocycles. The number of rotatable bonds is 3. The number of alkyl halides is 4. The highest BCUT2D eigenvalue weighted by atomic mass is 127. The molecule has 1 rings (SSSR count). The van der Waals surface area contributed by atoms with Gasteiger partial charge in [0.1, 0.15) is 3.70 Å². The van der Waals surface area contributed by atoms with Crippen LogP contribution in [0.1, 0.15) is 5.56 Å².